The minimum Gasteiger partial charge on any atom is -0.462 e. The van der Waals surface area contributed by atoms with Crippen molar-refractivity contribution in [1.29, 1.82) is 0 Å². The molecule has 3 aliphatic carbocycles. The molecule has 4 rings (SSSR count). The molecule has 2 saturated carbocycles. The molecule has 0 aromatic carbocycles. The zero-order chi connectivity index (χ0) is 30.2. The van der Waals surface area contributed by atoms with E-state index in [1.54, 1.807) is 13.8 Å². The monoisotopic (exact) mass is 568 g/mol. The van der Waals surface area contributed by atoms with Gasteiger partial charge in [-0.25, -0.2) is 0 Å². The van der Waals surface area contributed by atoms with E-state index in [1.165, 1.54) is 34.6 Å². The van der Waals surface area contributed by atoms with Gasteiger partial charge < -0.3 is 39.0 Å². The molecule has 10 atom stereocenters. The molecule has 4 aliphatic rings. The number of hydrogen-bond acceptors (Lipinski definition) is 12. The van der Waals surface area contributed by atoms with Crippen LogP contribution in [-0.2, 0) is 42.9 Å². The van der Waals surface area contributed by atoms with E-state index in [0.717, 1.165) is 6.92 Å². The second-order valence-corrected chi connectivity index (χ2v) is 12.4. The third-order valence-electron chi connectivity index (χ3n) is 9.60. The highest BCUT2D eigenvalue weighted by molar-refractivity contribution is 5.69. The van der Waals surface area contributed by atoms with Gasteiger partial charge in [-0.2, -0.15) is 0 Å². The van der Waals surface area contributed by atoms with Gasteiger partial charge in [0.25, 0.3) is 0 Å². The number of aliphatic hydroxyl groups is 3. The first-order valence-corrected chi connectivity index (χ1v) is 13.5. The maximum absolute atomic E-state index is 12.8. The predicted molar refractivity (Wildman–Crippen MR) is 135 cm³/mol. The van der Waals surface area contributed by atoms with Crippen LogP contribution in [0, 0.1) is 16.7 Å². The lowest BCUT2D eigenvalue weighted by Gasteiger charge is -2.65. The molecule has 224 valence electrons. The molecule has 1 aliphatic heterocycles. The Labute approximate surface area is 232 Å². The number of hydrogen-bond donors (Lipinski definition) is 3. The molecule has 0 amide bonds. The van der Waals surface area contributed by atoms with E-state index >= 15 is 0 Å². The predicted octanol–water partition coefficient (Wildman–Crippen LogP) is 0.721. The highest BCUT2D eigenvalue weighted by Crippen LogP contribution is 2.68. The van der Waals surface area contributed by atoms with Crippen LogP contribution in [0.1, 0.15) is 68.2 Å². The van der Waals surface area contributed by atoms with Gasteiger partial charge in [-0.1, -0.05) is 6.92 Å². The number of fused-ring (bicyclic) bond motifs is 4. The summed E-state index contributed by atoms with van der Waals surface area (Å²) in [7, 11) is 0. The van der Waals surface area contributed by atoms with Gasteiger partial charge in [0.2, 0.25) is 0 Å². The fourth-order valence-electron chi connectivity index (χ4n) is 8.13. The van der Waals surface area contributed by atoms with E-state index in [9.17, 15) is 34.5 Å². The summed E-state index contributed by atoms with van der Waals surface area (Å²) in [4.78, 5) is 50.3. The molecule has 0 bridgehead atoms. The summed E-state index contributed by atoms with van der Waals surface area (Å²) >= 11 is 0. The third-order valence-corrected chi connectivity index (χ3v) is 9.60. The summed E-state index contributed by atoms with van der Waals surface area (Å²) in [5.41, 5.74) is -5.96. The molecule has 3 N–H and O–H groups in total. The van der Waals surface area contributed by atoms with Crippen molar-refractivity contribution in [3.63, 3.8) is 0 Å². The molecule has 0 unspecified atom stereocenters. The first-order valence-electron chi connectivity index (χ1n) is 13.5. The van der Waals surface area contributed by atoms with Crippen molar-refractivity contribution < 1.29 is 58.2 Å². The smallest absolute Gasteiger partial charge is 0.303 e. The number of carbonyl (C=O) groups excluding carboxylic acids is 4. The van der Waals surface area contributed by atoms with Crippen LogP contribution in [0.3, 0.4) is 0 Å². The van der Waals surface area contributed by atoms with Crippen molar-refractivity contribution in [1.82, 2.24) is 0 Å². The van der Waals surface area contributed by atoms with Gasteiger partial charge in [-0.05, 0) is 38.3 Å². The van der Waals surface area contributed by atoms with Gasteiger partial charge in [0.1, 0.15) is 30.5 Å². The van der Waals surface area contributed by atoms with E-state index in [4.69, 9.17) is 23.7 Å². The Hall–Kier alpha value is -2.54. The van der Waals surface area contributed by atoms with Crippen molar-refractivity contribution in [3.8, 4) is 0 Å². The Morgan fingerprint density at radius 3 is 1.93 bits per heavy atom. The van der Waals surface area contributed by atoms with E-state index in [-0.39, 0.29) is 25.0 Å². The maximum atomic E-state index is 12.8. The number of rotatable bonds is 5. The Bertz CT molecular complexity index is 1140. The molecule has 0 aromatic rings. The summed E-state index contributed by atoms with van der Waals surface area (Å²) in [6.45, 7) is 10.8. The quantitative estimate of drug-likeness (QED) is 0.241. The molecule has 0 spiro atoms. The lowest BCUT2D eigenvalue weighted by atomic mass is 9.49. The second-order valence-electron chi connectivity index (χ2n) is 12.4. The average Bonchev–Trinajstić information content (AvgIpc) is 3.03. The fraction of sp³-hybridized carbons (Fsp3) is 0.786. The van der Waals surface area contributed by atoms with Crippen LogP contribution in [0.15, 0.2) is 11.1 Å². The highest BCUT2D eigenvalue weighted by Gasteiger charge is 2.80. The topological polar surface area (TPSA) is 175 Å². The number of esters is 4. The van der Waals surface area contributed by atoms with Gasteiger partial charge >= 0.3 is 23.9 Å². The van der Waals surface area contributed by atoms with Crippen LogP contribution in [0.5, 0.6) is 0 Å². The van der Waals surface area contributed by atoms with Crippen LogP contribution < -0.4 is 0 Å². The summed E-state index contributed by atoms with van der Waals surface area (Å²) in [5, 5.41) is 35.2. The number of ether oxygens (including phenoxy) is 5. The van der Waals surface area contributed by atoms with Crippen molar-refractivity contribution >= 4 is 23.9 Å². The lowest BCUT2D eigenvalue weighted by molar-refractivity contribution is -0.353. The van der Waals surface area contributed by atoms with Crippen molar-refractivity contribution in [2.24, 2.45) is 16.7 Å². The van der Waals surface area contributed by atoms with Crippen LogP contribution in [-0.4, -0.2) is 93.6 Å². The second kappa shape index (κ2) is 9.78. The van der Waals surface area contributed by atoms with Gasteiger partial charge in [-0.3, -0.25) is 19.2 Å². The molecule has 1 saturated heterocycles. The van der Waals surface area contributed by atoms with Crippen molar-refractivity contribution in [2.75, 3.05) is 6.61 Å². The molecule has 12 heteroatoms. The molecule has 3 fully saturated rings. The normalized spacial score (nSPS) is 42.3. The van der Waals surface area contributed by atoms with Gasteiger partial charge in [0, 0.05) is 34.1 Å². The average molecular weight is 569 g/mol. The van der Waals surface area contributed by atoms with Crippen LogP contribution in [0.4, 0.5) is 0 Å². The Morgan fingerprint density at radius 2 is 1.48 bits per heavy atom. The summed E-state index contributed by atoms with van der Waals surface area (Å²) < 4.78 is 29.6. The molecular weight excluding hydrogens is 528 g/mol. The summed E-state index contributed by atoms with van der Waals surface area (Å²) in [6, 6.07) is 0. The van der Waals surface area contributed by atoms with Crippen molar-refractivity contribution in [3.05, 3.63) is 11.1 Å². The third kappa shape index (κ3) is 4.17. The Morgan fingerprint density at radius 1 is 0.925 bits per heavy atom. The Kier molecular flexibility index (Phi) is 7.44. The zero-order valence-corrected chi connectivity index (χ0v) is 24.2. The highest BCUT2D eigenvalue weighted by atomic mass is 16.6. The molecule has 12 nitrogen and oxygen atoms in total. The van der Waals surface area contributed by atoms with E-state index in [0.29, 0.717) is 5.57 Å². The molecule has 40 heavy (non-hydrogen) atoms. The molecule has 0 aromatic heterocycles. The number of carbonyl (C=O) groups is 4. The van der Waals surface area contributed by atoms with Crippen molar-refractivity contribution in [2.45, 2.75) is 116 Å². The van der Waals surface area contributed by atoms with Gasteiger partial charge in [0.05, 0.1) is 35.1 Å². The largest absolute Gasteiger partial charge is 0.462 e. The summed E-state index contributed by atoms with van der Waals surface area (Å²) in [6.07, 6.45) is -7.61. The van der Waals surface area contributed by atoms with Crippen LogP contribution in [0.25, 0.3) is 0 Å². The number of aliphatic hydroxyl groups excluding tert-OH is 2. The SMILES string of the molecule is CC(=O)O[C@H]1C[C@H]2OC[C@@]2(OC(C)=O)[C@H]2[C@H](OC(C)=O)[C@@]3(C(C)(C)O)C[C@H](O)C(C)=C3[C@@H](O)[C@H](OC(C)=O)[C@]12C. The van der Waals surface area contributed by atoms with E-state index in [2.05, 4.69) is 0 Å². The zero-order valence-electron chi connectivity index (χ0n) is 24.2. The van der Waals surface area contributed by atoms with E-state index < -0.39 is 88.5 Å². The molecule has 0 radical (unpaired) electrons. The lowest BCUT2D eigenvalue weighted by Crippen LogP contribution is -2.79. The Balaban J connectivity index is 2.17. The molecular formula is C28H40O12. The molecule has 1 heterocycles. The first-order chi connectivity index (χ1) is 18.3. The standard InChI is InChI=1S/C28H40O12/c1-12-17(33)10-27(25(6,7)35)20(12)21(34)23(38-14(3)30)26(8)18(37-13(2)29)9-19-28(11-36-19,40-16(5)32)22(26)24(27)39-15(4)31/h17-19,21-24,33-35H,9-11H2,1-8H3/t17-,18-,19+,21+,22-,23-,24-,26+,27+,28-/m0/s1. The summed E-state index contributed by atoms with van der Waals surface area (Å²) in [5.74, 6) is -3.95. The minimum atomic E-state index is -1.75. The minimum absolute atomic E-state index is 0.0211. The maximum Gasteiger partial charge on any atom is 0.303 e. The van der Waals surface area contributed by atoms with Gasteiger partial charge in [0.15, 0.2) is 5.60 Å². The van der Waals surface area contributed by atoms with Crippen LogP contribution >= 0.6 is 0 Å². The van der Waals surface area contributed by atoms with Gasteiger partial charge in [-0.15, -0.1) is 0 Å². The van der Waals surface area contributed by atoms with Crippen LogP contribution in [0.2, 0.25) is 0 Å². The fourth-order valence-corrected chi connectivity index (χ4v) is 8.13. The van der Waals surface area contributed by atoms with E-state index in [1.807, 2.05) is 0 Å². The first kappa shape index (κ1) is 30.4.